The van der Waals surface area contributed by atoms with Crippen LogP contribution in [0.1, 0.15) is 35.4 Å². The first kappa shape index (κ1) is 19.0. The summed E-state index contributed by atoms with van der Waals surface area (Å²) >= 11 is 1.39. The predicted molar refractivity (Wildman–Crippen MR) is 114 cm³/mol. The minimum Gasteiger partial charge on any atom is -0.391 e. The average Bonchev–Trinajstić information content (AvgIpc) is 3.48. The number of aryl methyl sites for hydroxylation is 1. The van der Waals surface area contributed by atoms with Crippen LogP contribution in [-0.2, 0) is 7.05 Å². The standard InChI is InChI=1S/C21H22N6O2S/c1-26-10-15(8-23-26)14-7-22-20-16(9-24-27(20)11-14)13-6-19(30-12-13)21(29)25-17-4-2-3-5-18(17)28/h6-12,17-18,28H,2-5H2,1H3,(H,25,29)/t17?,18-/m0/s1. The number of aromatic nitrogens is 5. The number of nitrogens with zero attached hydrogens (tertiary/aromatic N) is 5. The van der Waals surface area contributed by atoms with Crippen LogP contribution in [0.4, 0.5) is 0 Å². The molecule has 1 aliphatic carbocycles. The number of hydrogen-bond acceptors (Lipinski definition) is 6. The van der Waals surface area contributed by atoms with Crippen molar-refractivity contribution in [3.8, 4) is 22.3 Å². The number of nitrogens with one attached hydrogen (secondary N) is 1. The Morgan fingerprint density at radius 1 is 1.13 bits per heavy atom. The van der Waals surface area contributed by atoms with Crippen molar-refractivity contribution in [3.63, 3.8) is 0 Å². The normalized spacial score (nSPS) is 19.3. The molecule has 30 heavy (non-hydrogen) atoms. The van der Waals surface area contributed by atoms with E-state index in [0.717, 1.165) is 53.6 Å². The van der Waals surface area contributed by atoms with Crippen molar-refractivity contribution in [2.45, 2.75) is 37.8 Å². The first-order chi connectivity index (χ1) is 14.6. The summed E-state index contributed by atoms with van der Waals surface area (Å²) in [4.78, 5) is 17.9. The highest BCUT2D eigenvalue weighted by atomic mass is 32.1. The lowest BCUT2D eigenvalue weighted by molar-refractivity contribution is 0.0720. The molecular formula is C21H22N6O2S. The van der Waals surface area contributed by atoms with E-state index in [1.165, 1.54) is 11.3 Å². The van der Waals surface area contributed by atoms with Gasteiger partial charge in [-0.2, -0.15) is 10.2 Å². The Hall–Kier alpha value is -3.04. The van der Waals surface area contributed by atoms with E-state index < -0.39 is 6.10 Å². The van der Waals surface area contributed by atoms with E-state index in [1.54, 1.807) is 21.6 Å². The molecule has 0 radical (unpaired) electrons. The van der Waals surface area contributed by atoms with Gasteiger partial charge in [-0.25, -0.2) is 9.50 Å². The minimum absolute atomic E-state index is 0.138. The van der Waals surface area contributed by atoms with Crippen LogP contribution < -0.4 is 5.32 Å². The Balaban J connectivity index is 1.38. The van der Waals surface area contributed by atoms with Gasteiger partial charge in [-0.3, -0.25) is 9.48 Å². The van der Waals surface area contributed by atoms with Gasteiger partial charge >= 0.3 is 0 Å². The number of carbonyl (C=O) groups excluding carboxylic acids is 1. The van der Waals surface area contributed by atoms with Gasteiger partial charge in [0.2, 0.25) is 0 Å². The van der Waals surface area contributed by atoms with E-state index in [2.05, 4.69) is 20.5 Å². The van der Waals surface area contributed by atoms with Gasteiger partial charge in [0.1, 0.15) is 0 Å². The Labute approximate surface area is 177 Å². The van der Waals surface area contributed by atoms with Gasteiger partial charge in [0, 0.05) is 42.3 Å². The van der Waals surface area contributed by atoms with Gasteiger partial charge in [-0.1, -0.05) is 12.8 Å². The van der Waals surface area contributed by atoms with E-state index in [1.807, 2.05) is 37.1 Å². The number of aliphatic hydroxyl groups is 1. The van der Waals surface area contributed by atoms with Crippen LogP contribution >= 0.6 is 11.3 Å². The van der Waals surface area contributed by atoms with E-state index in [-0.39, 0.29) is 11.9 Å². The van der Waals surface area contributed by atoms with Crippen molar-refractivity contribution in [2.24, 2.45) is 7.05 Å². The molecule has 0 aromatic carbocycles. The van der Waals surface area contributed by atoms with Crippen molar-refractivity contribution >= 4 is 22.9 Å². The molecule has 2 N–H and O–H groups in total. The molecule has 4 aromatic heterocycles. The molecule has 4 heterocycles. The number of hydrogen-bond donors (Lipinski definition) is 2. The van der Waals surface area contributed by atoms with Crippen LogP contribution in [0.5, 0.6) is 0 Å². The quantitative estimate of drug-likeness (QED) is 0.527. The Morgan fingerprint density at radius 2 is 1.97 bits per heavy atom. The molecule has 2 atom stereocenters. The van der Waals surface area contributed by atoms with Crippen LogP contribution in [0.15, 0.2) is 42.4 Å². The summed E-state index contributed by atoms with van der Waals surface area (Å²) in [5.41, 5.74) is 4.42. The molecule has 0 bridgehead atoms. The van der Waals surface area contributed by atoms with Crippen molar-refractivity contribution in [1.82, 2.24) is 29.7 Å². The molecule has 8 nitrogen and oxygen atoms in total. The number of amides is 1. The third kappa shape index (κ3) is 3.50. The van der Waals surface area contributed by atoms with Crippen molar-refractivity contribution in [2.75, 3.05) is 0 Å². The first-order valence-electron chi connectivity index (χ1n) is 9.99. The largest absolute Gasteiger partial charge is 0.391 e. The third-order valence-corrected chi connectivity index (χ3v) is 6.50. The van der Waals surface area contributed by atoms with Crippen molar-refractivity contribution < 1.29 is 9.90 Å². The maximum Gasteiger partial charge on any atom is 0.261 e. The second-order valence-electron chi connectivity index (χ2n) is 7.70. The molecule has 9 heteroatoms. The Kier molecular flexibility index (Phi) is 4.84. The minimum atomic E-state index is -0.458. The fourth-order valence-electron chi connectivity index (χ4n) is 3.91. The van der Waals surface area contributed by atoms with Gasteiger partial charge < -0.3 is 10.4 Å². The monoisotopic (exact) mass is 422 g/mol. The first-order valence-corrected chi connectivity index (χ1v) is 10.9. The Bertz CT molecular complexity index is 1210. The van der Waals surface area contributed by atoms with E-state index in [4.69, 9.17) is 0 Å². The molecule has 1 fully saturated rings. The average molecular weight is 423 g/mol. The zero-order valence-corrected chi connectivity index (χ0v) is 17.3. The fraction of sp³-hybridized carbons (Fsp3) is 0.333. The molecule has 0 saturated heterocycles. The molecule has 0 aliphatic heterocycles. The smallest absolute Gasteiger partial charge is 0.261 e. The van der Waals surface area contributed by atoms with Crippen LogP contribution in [0.25, 0.3) is 27.9 Å². The fourth-order valence-corrected chi connectivity index (χ4v) is 4.72. The van der Waals surface area contributed by atoms with Gasteiger partial charge in [-0.05, 0) is 29.9 Å². The summed E-state index contributed by atoms with van der Waals surface area (Å²) in [6, 6.07) is 1.70. The van der Waals surface area contributed by atoms with Gasteiger partial charge in [0.05, 0.1) is 29.4 Å². The lowest BCUT2D eigenvalue weighted by Crippen LogP contribution is -2.44. The maximum atomic E-state index is 12.7. The zero-order valence-electron chi connectivity index (χ0n) is 16.5. The summed E-state index contributed by atoms with van der Waals surface area (Å²) in [6.45, 7) is 0. The van der Waals surface area contributed by atoms with E-state index in [0.29, 0.717) is 4.88 Å². The van der Waals surface area contributed by atoms with E-state index >= 15 is 0 Å². The number of fused-ring (bicyclic) bond motifs is 1. The summed E-state index contributed by atoms with van der Waals surface area (Å²) < 4.78 is 3.49. The van der Waals surface area contributed by atoms with Gasteiger partial charge in [0.25, 0.3) is 5.91 Å². The van der Waals surface area contributed by atoms with Crippen LogP contribution in [0.3, 0.4) is 0 Å². The van der Waals surface area contributed by atoms with Gasteiger partial charge in [-0.15, -0.1) is 11.3 Å². The highest BCUT2D eigenvalue weighted by Gasteiger charge is 2.25. The molecule has 0 spiro atoms. The Morgan fingerprint density at radius 3 is 2.77 bits per heavy atom. The van der Waals surface area contributed by atoms with Crippen molar-refractivity contribution in [3.05, 3.63) is 47.3 Å². The molecule has 4 aromatic rings. The van der Waals surface area contributed by atoms with Gasteiger partial charge in [0.15, 0.2) is 5.65 Å². The molecule has 1 saturated carbocycles. The van der Waals surface area contributed by atoms with Crippen LogP contribution in [0, 0.1) is 0 Å². The lowest BCUT2D eigenvalue weighted by atomic mass is 9.92. The maximum absolute atomic E-state index is 12.7. The zero-order chi connectivity index (χ0) is 20.7. The molecule has 1 unspecified atom stereocenters. The molecule has 1 amide bonds. The van der Waals surface area contributed by atoms with Crippen molar-refractivity contribution in [1.29, 1.82) is 0 Å². The highest BCUT2D eigenvalue weighted by molar-refractivity contribution is 7.12. The van der Waals surface area contributed by atoms with E-state index in [9.17, 15) is 9.90 Å². The summed E-state index contributed by atoms with van der Waals surface area (Å²) in [7, 11) is 1.88. The molecular weight excluding hydrogens is 400 g/mol. The highest BCUT2D eigenvalue weighted by Crippen LogP contribution is 2.29. The topological polar surface area (TPSA) is 97.3 Å². The predicted octanol–water partition coefficient (Wildman–Crippen LogP) is 2.89. The second-order valence-corrected chi connectivity index (χ2v) is 8.61. The molecule has 1 aliphatic rings. The third-order valence-electron chi connectivity index (χ3n) is 5.57. The molecule has 5 rings (SSSR count). The van der Waals surface area contributed by atoms with Crippen LogP contribution in [0.2, 0.25) is 0 Å². The lowest BCUT2D eigenvalue weighted by Gasteiger charge is -2.28. The SMILES string of the molecule is Cn1cc(-c2cnc3c(-c4csc(C(=O)NC5CCCC[C@@H]5O)c4)cnn3c2)cn1. The summed E-state index contributed by atoms with van der Waals surface area (Å²) in [6.07, 6.45) is 12.4. The summed E-state index contributed by atoms with van der Waals surface area (Å²) in [5.74, 6) is -0.138. The number of rotatable bonds is 4. The molecule has 154 valence electrons. The number of carbonyl (C=O) groups is 1. The summed E-state index contributed by atoms with van der Waals surface area (Å²) in [5, 5.41) is 23.7. The number of thiophene rings is 1. The number of aliphatic hydroxyl groups excluding tert-OH is 1. The van der Waals surface area contributed by atoms with Crippen LogP contribution in [-0.4, -0.2) is 47.5 Å². The second kappa shape index (κ2) is 7.66.